The summed E-state index contributed by atoms with van der Waals surface area (Å²) in [5, 5.41) is 24.0. The zero-order valence-electron chi connectivity index (χ0n) is 11.1. The second-order valence-electron chi connectivity index (χ2n) is 5.15. The molecule has 1 aromatic heterocycles. The van der Waals surface area contributed by atoms with Crippen LogP contribution in [0.4, 0.5) is 11.4 Å². The monoisotopic (exact) mass is 287 g/mol. The molecule has 7 heteroatoms. The Kier molecular flexibility index (Phi) is 2.97. The van der Waals surface area contributed by atoms with E-state index in [-0.39, 0.29) is 11.4 Å². The predicted octanol–water partition coefficient (Wildman–Crippen LogP) is 2.56. The first-order valence-corrected chi connectivity index (χ1v) is 6.57. The lowest BCUT2D eigenvalue weighted by Gasteiger charge is -2.38. The van der Waals surface area contributed by atoms with Gasteiger partial charge in [-0.15, -0.1) is 0 Å². The first-order chi connectivity index (χ1) is 10.0. The van der Waals surface area contributed by atoms with E-state index in [0.29, 0.717) is 23.7 Å². The number of aliphatic carboxylic acids is 1. The molecule has 1 heterocycles. The number of carboxylic acid groups (broad SMARTS) is 1. The van der Waals surface area contributed by atoms with E-state index in [1.165, 1.54) is 6.07 Å². The zero-order chi connectivity index (χ0) is 15.0. The predicted molar refractivity (Wildman–Crippen MR) is 76.2 cm³/mol. The van der Waals surface area contributed by atoms with Crippen LogP contribution < -0.4 is 5.32 Å². The standard InChI is InChI=1S/C14H13N3O4/c18-13(19)14(6-2-7-14)16-11-5-4-10-9(3-1-8-15-10)12(11)17(20)21/h1,3-5,8,16H,2,6-7H2,(H,18,19). The molecule has 1 aliphatic carbocycles. The third-order valence-corrected chi connectivity index (χ3v) is 3.93. The van der Waals surface area contributed by atoms with Crippen molar-refractivity contribution in [2.24, 2.45) is 0 Å². The second kappa shape index (κ2) is 4.69. The maximum atomic E-state index is 11.4. The van der Waals surface area contributed by atoms with Crippen molar-refractivity contribution in [3.63, 3.8) is 0 Å². The normalized spacial score (nSPS) is 16.2. The van der Waals surface area contributed by atoms with E-state index in [0.717, 1.165) is 6.42 Å². The van der Waals surface area contributed by atoms with Gasteiger partial charge in [0.2, 0.25) is 0 Å². The molecule has 1 aromatic carbocycles. The van der Waals surface area contributed by atoms with Gasteiger partial charge in [-0.1, -0.05) is 0 Å². The van der Waals surface area contributed by atoms with Crippen LogP contribution in [0.1, 0.15) is 19.3 Å². The largest absolute Gasteiger partial charge is 0.480 e. The number of nitrogens with zero attached hydrogens (tertiary/aromatic N) is 2. The van der Waals surface area contributed by atoms with Gasteiger partial charge in [0, 0.05) is 6.20 Å². The van der Waals surface area contributed by atoms with Gasteiger partial charge in [0.1, 0.15) is 11.2 Å². The van der Waals surface area contributed by atoms with E-state index in [2.05, 4.69) is 10.3 Å². The van der Waals surface area contributed by atoms with Crippen molar-refractivity contribution < 1.29 is 14.8 Å². The van der Waals surface area contributed by atoms with Crippen LogP contribution in [0, 0.1) is 10.1 Å². The lowest BCUT2D eigenvalue weighted by atomic mass is 9.76. The topological polar surface area (TPSA) is 105 Å². The van der Waals surface area contributed by atoms with E-state index in [4.69, 9.17) is 0 Å². The van der Waals surface area contributed by atoms with Gasteiger partial charge in [-0.2, -0.15) is 0 Å². The number of pyridine rings is 1. The van der Waals surface area contributed by atoms with Crippen LogP contribution in [0.15, 0.2) is 30.5 Å². The molecule has 0 amide bonds. The summed E-state index contributed by atoms with van der Waals surface area (Å²) in [5.41, 5.74) is -0.496. The van der Waals surface area contributed by atoms with Crippen LogP contribution >= 0.6 is 0 Å². The van der Waals surface area contributed by atoms with Crippen molar-refractivity contribution in [3.05, 3.63) is 40.6 Å². The molecule has 0 radical (unpaired) electrons. The summed E-state index contributed by atoms with van der Waals surface area (Å²) in [4.78, 5) is 26.4. The average molecular weight is 287 g/mol. The van der Waals surface area contributed by atoms with Crippen LogP contribution in [-0.2, 0) is 4.79 Å². The van der Waals surface area contributed by atoms with Crippen LogP contribution in [0.3, 0.4) is 0 Å². The lowest BCUT2D eigenvalue weighted by Crippen LogP contribution is -2.52. The first kappa shape index (κ1) is 13.3. The summed E-state index contributed by atoms with van der Waals surface area (Å²) >= 11 is 0. The van der Waals surface area contributed by atoms with Crippen LogP contribution in [0.5, 0.6) is 0 Å². The Morgan fingerprint density at radius 3 is 2.71 bits per heavy atom. The molecule has 0 saturated heterocycles. The van der Waals surface area contributed by atoms with E-state index < -0.39 is 16.4 Å². The minimum absolute atomic E-state index is 0.131. The molecule has 0 spiro atoms. The van der Waals surface area contributed by atoms with Gasteiger partial charge < -0.3 is 10.4 Å². The van der Waals surface area contributed by atoms with Gasteiger partial charge in [0.25, 0.3) is 0 Å². The van der Waals surface area contributed by atoms with Gasteiger partial charge in [0.05, 0.1) is 15.8 Å². The fraction of sp³-hybridized carbons (Fsp3) is 0.286. The van der Waals surface area contributed by atoms with Crippen LogP contribution in [0.2, 0.25) is 0 Å². The molecular weight excluding hydrogens is 274 g/mol. The lowest BCUT2D eigenvalue weighted by molar-refractivity contribution is -0.382. The highest BCUT2D eigenvalue weighted by molar-refractivity contribution is 5.96. The number of aromatic nitrogens is 1. The molecule has 1 fully saturated rings. The molecule has 0 aliphatic heterocycles. The Morgan fingerprint density at radius 1 is 1.38 bits per heavy atom. The molecule has 2 aromatic rings. The summed E-state index contributed by atoms with van der Waals surface area (Å²) in [6.07, 6.45) is 3.28. The number of anilines is 1. The minimum atomic E-state index is -1.10. The quantitative estimate of drug-likeness (QED) is 0.661. The first-order valence-electron chi connectivity index (χ1n) is 6.57. The zero-order valence-corrected chi connectivity index (χ0v) is 11.1. The van der Waals surface area contributed by atoms with Gasteiger partial charge >= 0.3 is 11.7 Å². The number of nitrogens with one attached hydrogen (secondary N) is 1. The Labute approximate surface area is 119 Å². The molecule has 0 unspecified atom stereocenters. The molecule has 108 valence electrons. The highest BCUT2D eigenvalue weighted by atomic mass is 16.6. The number of fused-ring (bicyclic) bond motifs is 1. The van der Waals surface area contributed by atoms with E-state index in [9.17, 15) is 20.0 Å². The Bertz CT molecular complexity index is 740. The molecule has 3 rings (SSSR count). The van der Waals surface area contributed by atoms with Crippen molar-refractivity contribution in [2.75, 3.05) is 5.32 Å². The molecule has 0 bridgehead atoms. The average Bonchev–Trinajstić information content (AvgIpc) is 2.41. The number of rotatable bonds is 4. The number of nitro benzene ring substituents is 1. The number of hydrogen-bond donors (Lipinski definition) is 2. The summed E-state index contributed by atoms with van der Waals surface area (Å²) in [5.74, 6) is -0.977. The van der Waals surface area contributed by atoms with Crippen molar-refractivity contribution in [1.82, 2.24) is 4.98 Å². The molecule has 1 aliphatic rings. The van der Waals surface area contributed by atoms with Crippen LogP contribution in [-0.4, -0.2) is 26.5 Å². The third-order valence-electron chi connectivity index (χ3n) is 3.93. The molecule has 1 saturated carbocycles. The SMILES string of the molecule is O=C(O)C1(Nc2ccc3ncccc3c2[N+](=O)[O-])CCC1. The van der Waals surface area contributed by atoms with Crippen LogP contribution in [0.25, 0.3) is 10.9 Å². The van der Waals surface area contributed by atoms with E-state index in [1.807, 2.05) is 0 Å². The Balaban J connectivity index is 2.12. The minimum Gasteiger partial charge on any atom is -0.480 e. The molecular formula is C14H13N3O4. The summed E-state index contributed by atoms with van der Waals surface area (Å²) in [6, 6.07) is 6.41. The summed E-state index contributed by atoms with van der Waals surface area (Å²) in [7, 11) is 0. The Morgan fingerprint density at radius 2 is 2.14 bits per heavy atom. The Hall–Kier alpha value is -2.70. The number of hydrogen-bond acceptors (Lipinski definition) is 5. The van der Waals surface area contributed by atoms with Gasteiger partial charge in [-0.05, 0) is 43.5 Å². The number of benzene rings is 1. The van der Waals surface area contributed by atoms with Crippen molar-refractivity contribution in [3.8, 4) is 0 Å². The van der Waals surface area contributed by atoms with Crippen molar-refractivity contribution in [2.45, 2.75) is 24.8 Å². The maximum absolute atomic E-state index is 11.4. The van der Waals surface area contributed by atoms with Crippen molar-refractivity contribution >= 4 is 28.2 Å². The number of nitro groups is 1. The van der Waals surface area contributed by atoms with Gasteiger partial charge in [-0.25, -0.2) is 4.79 Å². The fourth-order valence-electron chi connectivity index (χ4n) is 2.61. The third kappa shape index (κ3) is 2.06. The highest BCUT2D eigenvalue weighted by Gasteiger charge is 2.45. The van der Waals surface area contributed by atoms with Crippen molar-refractivity contribution in [1.29, 1.82) is 0 Å². The summed E-state index contributed by atoms with van der Waals surface area (Å²) < 4.78 is 0. The van der Waals surface area contributed by atoms with Gasteiger partial charge in [-0.3, -0.25) is 15.1 Å². The van der Waals surface area contributed by atoms with Gasteiger partial charge in [0.15, 0.2) is 0 Å². The molecule has 0 atom stereocenters. The molecule has 21 heavy (non-hydrogen) atoms. The maximum Gasteiger partial charge on any atom is 0.329 e. The number of carbonyl (C=O) groups is 1. The smallest absolute Gasteiger partial charge is 0.329 e. The fourth-order valence-corrected chi connectivity index (χ4v) is 2.61. The van der Waals surface area contributed by atoms with E-state index >= 15 is 0 Å². The summed E-state index contributed by atoms with van der Waals surface area (Å²) in [6.45, 7) is 0. The highest BCUT2D eigenvalue weighted by Crippen LogP contribution is 2.40. The number of carboxylic acids is 1. The molecule has 7 nitrogen and oxygen atoms in total. The second-order valence-corrected chi connectivity index (χ2v) is 5.15. The van der Waals surface area contributed by atoms with E-state index in [1.54, 1.807) is 24.4 Å². The molecule has 2 N–H and O–H groups in total.